The zero-order chi connectivity index (χ0) is 23.7. The molecule has 4 unspecified atom stereocenters. The number of amides is 1. The number of hydrogen-bond acceptors (Lipinski definition) is 9. The number of esters is 2. The summed E-state index contributed by atoms with van der Waals surface area (Å²) in [6.45, 7) is 1.71. The molecule has 0 radical (unpaired) electrons. The lowest BCUT2D eigenvalue weighted by Gasteiger charge is -2.42. The van der Waals surface area contributed by atoms with Gasteiger partial charge < -0.3 is 23.5 Å². The van der Waals surface area contributed by atoms with Gasteiger partial charge in [0.15, 0.2) is 4.91 Å². The Morgan fingerprint density at radius 3 is 2.79 bits per heavy atom. The average molecular weight is 475 g/mol. The van der Waals surface area contributed by atoms with E-state index in [2.05, 4.69) is 4.74 Å². The van der Waals surface area contributed by atoms with Gasteiger partial charge in [-0.25, -0.2) is 14.4 Å². The van der Waals surface area contributed by atoms with Gasteiger partial charge in [-0.3, -0.25) is 9.69 Å². The largest absolute Gasteiger partial charge is 0.612 e. The fourth-order valence-corrected chi connectivity index (χ4v) is 5.04. The van der Waals surface area contributed by atoms with Crippen molar-refractivity contribution in [1.29, 1.82) is 0 Å². The SMILES string of the molecule is CC[S+]([O-])C1=C(OC(=O)OC2OC(=O)c3ccccc32)N2C(=O)C(CC=CC(=O)OC)C2C1. The highest BCUT2D eigenvalue weighted by molar-refractivity contribution is 7.95. The maximum Gasteiger partial charge on any atom is 0.518 e. The molecular weight excluding hydrogens is 454 g/mol. The molecule has 0 saturated carbocycles. The van der Waals surface area contributed by atoms with E-state index in [0.717, 1.165) is 0 Å². The third kappa shape index (κ3) is 4.21. The molecule has 1 saturated heterocycles. The van der Waals surface area contributed by atoms with Crippen molar-refractivity contribution in [2.75, 3.05) is 12.9 Å². The van der Waals surface area contributed by atoms with Gasteiger partial charge in [-0.1, -0.05) is 24.3 Å². The van der Waals surface area contributed by atoms with E-state index in [1.54, 1.807) is 37.3 Å². The number of rotatable bonds is 7. The van der Waals surface area contributed by atoms with Gasteiger partial charge in [0, 0.05) is 18.1 Å². The van der Waals surface area contributed by atoms with Crippen molar-refractivity contribution in [2.24, 2.45) is 5.92 Å². The zero-order valence-electron chi connectivity index (χ0n) is 17.8. The Labute approximate surface area is 192 Å². The minimum absolute atomic E-state index is 0.110. The highest BCUT2D eigenvalue weighted by atomic mass is 32.2. The second kappa shape index (κ2) is 9.28. The molecule has 0 N–H and O–H groups in total. The number of cyclic esters (lactones) is 1. The molecule has 0 spiro atoms. The van der Waals surface area contributed by atoms with Crippen LogP contribution < -0.4 is 0 Å². The third-order valence-corrected chi connectivity index (χ3v) is 7.03. The molecule has 1 aromatic rings. The number of benzene rings is 1. The van der Waals surface area contributed by atoms with Crippen LogP contribution in [-0.2, 0) is 39.7 Å². The van der Waals surface area contributed by atoms with Crippen molar-refractivity contribution in [3.63, 3.8) is 0 Å². The van der Waals surface area contributed by atoms with Crippen LogP contribution in [-0.4, -0.2) is 52.4 Å². The van der Waals surface area contributed by atoms with Crippen LogP contribution in [0.25, 0.3) is 0 Å². The first kappa shape index (κ1) is 22.9. The Kier molecular flexibility index (Phi) is 6.43. The van der Waals surface area contributed by atoms with Gasteiger partial charge in [-0.05, 0) is 30.6 Å². The summed E-state index contributed by atoms with van der Waals surface area (Å²) in [5.41, 5.74) is 0.663. The monoisotopic (exact) mass is 475 g/mol. The third-order valence-electron chi connectivity index (χ3n) is 5.62. The molecule has 10 nitrogen and oxygen atoms in total. The minimum atomic E-state index is -1.46. The van der Waals surface area contributed by atoms with E-state index in [9.17, 15) is 23.7 Å². The predicted molar refractivity (Wildman–Crippen MR) is 112 cm³/mol. The second-order valence-corrected chi connectivity index (χ2v) is 9.17. The van der Waals surface area contributed by atoms with Crippen molar-refractivity contribution in [2.45, 2.75) is 32.1 Å². The van der Waals surface area contributed by atoms with Crippen LogP contribution in [0, 0.1) is 5.92 Å². The lowest BCUT2D eigenvalue weighted by Crippen LogP contribution is -2.57. The molecule has 1 fully saturated rings. The predicted octanol–water partition coefficient (Wildman–Crippen LogP) is 2.30. The topological polar surface area (TPSA) is 132 Å². The molecule has 0 aliphatic carbocycles. The number of nitrogens with zero attached hydrogens (tertiary/aromatic N) is 1. The summed E-state index contributed by atoms with van der Waals surface area (Å²) in [4.78, 5) is 50.0. The van der Waals surface area contributed by atoms with Crippen LogP contribution in [0.5, 0.6) is 0 Å². The van der Waals surface area contributed by atoms with Crippen molar-refractivity contribution >= 4 is 35.2 Å². The van der Waals surface area contributed by atoms with E-state index >= 15 is 0 Å². The van der Waals surface area contributed by atoms with E-state index < -0.39 is 41.5 Å². The summed E-state index contributed by atoms with van der Waals surface area (Å²) in [7, 11) is 1.25. The first-order valence-corrected chi connectivity index (χ1v) is 11.5. The van der Waals surface area contributed by atoms with Crippen LogP contribution in [0.3, 0.4) is 0 Å². The highest BCUT2D eigenvalue weighted by Crippen LogP contribution is 2.46. The van der Waals surface area contributed by atoms with E-state index in [0.29, 0.717) is 10.5 Å². The van der Waals surface area contributed by atoms with Gasteiger partial charge in [0.25, 0.3) is 12.2 Å². The van der Waals surface area contributed by atoms with Crippen molar-refractivity contribution in [3.8, 4) is 0 Å². The summed E-state index contributed by atoms with van der Waals surface area (Å²) in [6, 6.07) is 6.11. The first-order valence-electron chi connectivity index (χ1n) is 10.2. The molecule has 4 rings (SSSR count). The molecule has 4 atom stereocenters. The number of carbonyl (C=O) groups excluding carboxylic acids is 4. The van der Waals surface area contributed by atoms with E-state index in [-0.39, 0.29) is 42.0 Å². The lowest BCUT2D eigenvalue weighted by atomic mass is 9.85. The van der Waals surface area contributed by atoms with Crippen LogP contribution in [0.4, 0.5) is 4.79 Å². The van der Waals surface area contributed by atoms with Crippen molar-refractivity contribution in [3.05, 3.63) is 58.3 Å². The van der Waals surface area contributed by atoms with Crippen LogP contribution in [0.1, 0.15) is 42.0 Å². The summed E-state index contributed by atoms with van der Waals surface area (Å²) in [6.07, 6.45) is 0.871. The van der Waals surface area contributed by atoms with E-state index in [1.165, 1.54) is 18.1 Å². The number of allylic oxidation sites excluding steroid dienone is 1. The normalized spacial score (nSPS) is 24.2. The molecule has 1 aromatic carbocycles. The number of ether oxygens (including phenoxy) is 4. The van der Waals surface area contributed by atoms with E-state index in [4.69, 9.17) is 14.2 Å². The standard InChI is InChI=1S/C22H21NO9S/c1-3-33(28)16-11-15-14(9-6-10-17(24)29-2)18(25)23(15)19(16)30-22(27)32-21-13-8-5-4-7-12(13)20(26)31-21/h4-8,10,14-15,21H,3,9,11H2,1-2H3. The summed E-state index contributed by atoms with van der Waals surface area (Å²) in [5, 5.41) is 0. The highest BCUT2D eigenvalue weighted by Gasteiger charge is 2.57. The second-order valence-electron chi connectivity index (χ2n) is 7.40. The maximum absolute atomic E-state index is 12.7. The number of hydrogen-bond donors (Lipinski definition) is 0. The van der Waals surface area contributed by atoms with Gasteiger partial charge in [-0.15, -0.1) is 0 Å². The van der Waals surface area contributed by atoms with Crippen LogP contribution in [0.15, 0.2) is 47.2 Å². The van der Waals surface area contributed by atoms with Crippen LogP contribution >= 0.6 is 0 Å². The fourth-order valence-electron chi connectivity index (χ4n) is 4.00. The Balaban J connectivity index is 1.46. The lowest BCUT2D eigenvalue weighted by molar-refractivity contribution is -0.154. The van der Waals surface area contributed by atoms with Gasteiger partial charge in [0.05, 0.1) is 24.6 Å². The van der Waals surface area contributed by atoms with Gasteiger partial charge in [0.2, 0.25) is 5.91 Å². The van der Waals surface area contributed by atoms with Gasteiger partial charge in [-0.2, -0.15) is 0 Å². The number of fused-ring (bicyclic) bond motifs is 2. The van der Waals surface area contributed by atoms with Crippen molar-refractivity contribution < 1.29 is 42.7 Å². The smallest absolute Gasteiger partial charge is 0.518 e. The maximum atomic E-state index is 12.7. The number of carbonyl (C=O) groups is 4. The average Bonchev–Trinajstić information content (AvgIpc) is 3.31. The molecule has 0 bridgehead atoms. The fraction of sp³-hybridized carbons (Fsp3) is 0.364. The molecular formula is C22H21NO9S. The molecule has 0 aromatic heterocycles. The summed E-state index contributed by atoms with van der Waals surface area (Å²) in [5.74, 6) is -1.77. The molecule has 3 aliphatic heterocycles. The minimum Gasteiger partial charge on any atom is -0.612 e. The van der Waals surface area contributed by atoms with Crippen molar-refractivity contribution in [1.82, 2.24) is 4.90 Å². The molecule has 1 amide bonds. The Bertz CT molecular complexity index is 1070. The zero-order valence-corrected chi connectivity index (χ0v) is 18.7. The Hall–Kier alpha value is -3.31. The molecule has 3 heterocycles. The Morgan fingerprint density at radius 1 is 1.30 bits per heavy atom. The number of methoxy groups -OCH3 is 1. The first-order chi connectivity index (χ1) is 15.8. The van der Waals surface area contributed by atoms with E-state index in [1.807, 2.05) is 0 Å². The van der Waals surface area contributed by atoms with Gasteiger partial charge >= 0.3 is 18.1 Å². The molecule has 3 aliphatic rings. The van der Waals surface area contributed by atoms with Gasteiger partial charge in [0.1, 0.15) is 5.75 Å². The quantitative estimate of drug-likeness (QED) is 0.192. The summed E-state index contributed by atoms with van der Waals surface area (Å²) >= 11 is -1.46. The summed E-state index contributed by atoms with van der Waals surface area (Å²) < 4.78 is 32.7. The number of β-lactam (4-membered cyclic amide) rings is 1. The molecule has 11 heteroatoms. The molecule has 33 heavy (non-hydrogen) atoms. The molecule has 174 valence electrons. The Morgan fingerprint density at radius 2 is 2.06 bits per heavy atom. The van der Waals surface area contributed by atoms with Crippen LogP contribution in [0.2, 0.25) is 0 Å².